The van der Waals surface area contributed by atoms with Gasteiger partial charge >= 0.3 is 0 Å². The molecule has 0 saturated heterocycles. The van der Waals surface area contributed by atoms with Crippen molar-refractivity contribution in [3.8, 4) is 5.75 Å². The van der Waals surface area contributed by atoms with Crippen LogP contribution in [0.5, 0.6) is 5.75 Å². The molecule has 0 spiro atoms. The van der Waals surface area contributed by atoms with Crippen LogP contribution in [0.4, 0.5) is 0 Å². The lowest BCUT2D eigenvalue weighted by Gasteiger charge is -2.07. The van der Waals surface area contributed by atoms with Crippen LogP contribution in [0.25, 0.3) is 11.0 Å². The molecule has 3 rings (SSSR count). The zero-order valence-corrected chi connectivity index (χ0v) is 12.8. The predicted molar refractivity (Wildman–Crippen MR) is 86.4 cm³/mol. The summed E-state index contributed by atoms with van der Waals surface area (Å²) in [5, 5.41) is 1.14. The Labute approximate surface area is 132 Å². The van der Waals surface area contributed by atoms with Gasteiger partial charge in [-0.25, -0.2) is 4.98 Å². The van der Waals surface area contributed by atoms with Crippen LogP contribution in [0.2, 0.25) is 10.0 Å². The van der Waals surface area contributed by atoms with E-state index < -0.39 is 0 Å². The molecule has 0 saturated carbocycles. The molecule has 108 valence electrons. The van der Waals surface area contributed by atoms with Crippen LogP contribution < -0.4 is 4.74 Å². The number of hydrogen-bond acceptors (Lipinski definition) is 2. The summed E-state index contributed by atoms with van der Waals surface area (Å²) < 4.78 is 5.66. The molecule has 0 fully saturated rings. The van der Waals surface area contributed by atoms with Crippen LogP contribution in [-0.2, 0) is 6.42 Å². The van der Waals surface area contributed by atoms with Crippen LogP contribution >= 0.6 is 23.2 Å². The highest BCUT2D eigenvalue weighted by atomic mass is 35.5. The van der Waals surface area contributed by atoms with Crippen molar-refractivity contribution in [3.05, 3.63) is 58.3 Å². The van der Waals surface area contributed by atoms with Crippen molar-refractivity contribution in [2.75, 3.05) is 6.61 Å². The lowest BCUT2D eigenvalue weighted by molar-refractivity contribution is 0.310. The zero-order chi connectivity index (χ0) is 14.7. The summed E-state index contributed by atoms with van der Waals surface area (Å²) in [5.41, 5.74) is 2.06. The second-order valence-electron chi connectivity index (χ2n) is 4.73. The maximum atomic E-state index is 6.05. The molecule has 5 heteroatoms. The summed E-state index contributed by atoms with van der Waals surface area (Å²) in [6, 6.07) is 13.2. The Balaban J connectivity index is 1.54. The number of halogens is 2. The number of aryl methyl sites for hydroxylation is 1. The van der Waals surface area contributed by atoms with E-state index >= 15 is 0 Å². The monoisotopic (exact) mass is 320 g/mol. The van der Waals surface area contributed by atoms with E-state index in [0.717, 1.165) is 29.7 Å². The Kier molecular flexibility index (Phi) is 4.32. The standard InChI is InChI=1S/C16H14Cl2N2O/c17-11-7-8-15(12(18)10-11)21-9-3-6-16-19-13-4-1-2-5-14(13)20-16/h1-2,4-5,7-8,10H,3,6,9H2,(H,19,20). The number of nitrogens with zero attached hydrogens (tertiary/aromatic N) is 1. The fourth-order valence-corrected chi connectivity index (χ4v) is 2.60. The Morgan fingerprint density at radius 3 is 2.76 bits per heavy atom. The third-order valence-corrected chi connectivity index (χ3v) is 3.68. The van der Waals surface area contributed by atoms with E-state index in [9.17, 15) is 0 Å². The number of aromatic amines is 1. The molecule has 0 aliphatic carbocycles. The van der Waals surface area contributed by atoms with E-state index in [-0.39, 0.29) is 0 Å². The minimum atomic E-state index is 0.534. The molecule has 0 aliphatic heterocycles. The summed E-state index contributed by atoms with van der Waals surface area (Å²) in [4.78, 5) is 7.83. The number of rotatable bonds is 5. The number of fused-ring (bicyclic) bond motifs is 1. The topological polar surface area (TPSA) is 37.9 Å². The number of aromatic nitrogens is 2. The molecule has 0 atom stereocenters. The summed E-state index contributed by atoms with van der Waals surface area (Å²) >= 11 is 11.9. The first-order valence-corrected chi connectivity index (χ1v) is 7.49. The van der Waals surface area contributed by atoms with Gasteiger partial charge in [0.25, 0.3) is 0 Å². The lowest BCUT2D eigenvalue weighted by atomic mass is 10.3. The van der Waals surface area contributed by atoms with Crippen LogP contribution in [0.3, 0.4) is 0 Å². The Bertz CT molecular complexity index is 722. The Morgan fingerprint density at radius 1 is 1.10 bits per heavy atom. The second-order valence-corrected chi connectivity index (χ2v) is 5.57. The first-order chi connectivity index (χ1) is 10.2. The van der Waals surface area contributed by atoms with Gasteiger partial charge in [0, 0.05) is 11.4 Å². The predicted octanol–water partition coefficient (Wildman–Crippen LogP) is 4.88. The number of H-pyrrole nitrogens is 1. The maximum Gasteiger partial charge on any atom is 0.137 e. The number of benzene rings is 2. The molecule has 0 unspecified atom stereocenters. The molecule has 0 radical (unpaired) electrons. The van der Waals surface area contributed by atoms with Crippen LogP contribution in [-0.4, -0.2) is 16.6 Å². The number of para-hydroxylation sites is 2. The van der Waals surface area contributed by atoms with Gasteiger partial charge in [0.15, 0.2) is 0 Å². The third-order valence-electron chi connectivity index (χ3n) is 3.15. The van der Waals surface area contributed by atoms with Crippen molar-refractivity contribution >= 4 is 34.2 Å². The average Bonchev–Trinajstić information content (AvgIpc) is 2.88. The van der Waals surface area contributed by atoms with Crippen LogP contribution in [0.1, 0.15) is 12.2 Å². The summed E-state index contributed by atoms with van der Waals surface area (Å²) in [5.74, 6) is 1.63. The highest BCUT2D eigenvalue weighted by molar-refractivity contribution is 6.35. The Hall–Kier alpha value is -1.71. The summed E-state index contributed by atoms with van der Waals surface area (Å²) in [6.07, 6.45) is 1.69. The average molecular weight is 321 g/mol. The van der Waals surface area contributed by atoms with E-state index in [1.807, 2.05) is 24.3 Å². The second kappa shape index (κ2) is 6.37. The number of hydrogen-bond donors (Lipinski definition) is 1. The molecule has 21 heavy (non-hydrogen) atoms. The molecule has 1 aromatic heterocycles. The van der Waals surface area contributed by atoms with E-state index in [1.165, 1.54) is 0 Å². The number of ether oxygens (including phenoxy) is 1. The van der Waals surface area contributed by atoms with Gasteiger partial charge in [0.2, 0.25) is 0 Å². The van der Waals surface area contributed by atoms with Crippen LogP contribution in [0.15, 0.2) is 42.5 Å². The third kappa shape index (κ3) is 3.49. The van der Waals surface area contributed by atoms with Gasteiger partial charge in [-0.1, -0.05) is 35.3 Å². The van der Waals surface area contributed by atoms with Gasteiger partial charge in [-0.2, -0.15) is 0 Å². The van der Waals surface area contributed by atoms with E-state index in [0.29, 0.717) is 22.4 Å². The fraction of sp³-hybridized carbons (Fsp3) is 0.188. The van der Waals surface area contributed by atoms with Crippen molar-refractivity contribution in [1.29, 1.82) is 0 Å². The first-order valence-electron chi connectivity index (χ1n) is 6.74. The lowest BCUT2D eigenvalue weighted by Crippen LogP contribution is -2.00. The normalized spacial score (nSPS) is 11.0. The molecule has 2 aromatic carbocycles. The maximum absolute atomic E-state index is 6.05. The molecule has 1 heterocycles. The zero-order valence-electron chi connectivity index (χ0n) is 11.3. The van der Waals surface area contributed by atoms with E-state index in [1.54, 1.807) is 18.2 Å². The molecule has 0 bridgehead atoms. The largest absolute Gasteiger partial charge is 0.492 e. The van der Waals surface area contributed by atoms with E-state index in [2.05, 4.69) is 9.97 Å². The van der Waals surface area contributed by atoms with Gasteiger partial charge in [0.05, 0.1) is 22.7 Å². The first kappa shape index (κ1) is 14.2. The highest BCUT2D eigenvalue weighted by Gasteiger charge is 2.04. The highest BCUT2D eigenvalue weighted by Crippen LogP contribution is 2.27. The smallest absolute Gasteiger partial charge is 0.137 e. The van der Waals surface area contributed by atoms with Crippen molar-refractivity contribution in [3.63, 3.8) is 0 Å². The van der Waals surface area contributed by atoms with Gasteiger partial charge in [0.1, 0.15) is 11.6 Å². The van der Waals surface area contributed by atoms with Crippen molar-refractivity contribution in [2.45, 2.75) is 12.8 Å². The van der Waals surface area contributed by atoms with E-state index in [4.69, 9.17) is 27.9 Å². The Morgan fingerprint density at radius 2 is 1.95 bits per heavy atom. The molecular weight excluding hydrogens is 307 g/mol. The molecular formula is C16H14Cl2N2O. The quantitative estimate of drug-likeness (QED) is 0.680. The van der Waals surface area contributed by atoms with Gasteiger partial charge < -0.3 is 9.72 Å². The van der Waals surface area contributed by atoms with Gasteiger partial charge in [-0.3, -0.25) is 0 Å². The minimum absolute atomic E-state index is 0.534. The summed E-state index contributed by atoms with van der Waals surface area (Å²) in [6.45, 7) is 0.582. The molecule has 1 N–H and O–H groups in total. The molecule has 3 aromatic rings. The molecule has 0 amide bonds. The van der Waals surface area contributed by atoms with Gasteiger partial charge in [-0.15, -0.1) is 0 Å². The number of imidazole rings is 1. The van der Waals surface area contributed by atoms with Crippen molar-refractivity contribution < 1.29 is 4.74 Å². The summed E-state index contributed by atoms with van der Waals surface area (Å²) in [7, 11) is 0. The number of nitrogens with one attached hydrogen (secondary N) is 1. The van der Waals surface area contributed by atoms with Crippen molar-refractivity contribution in [2.24, 2.45) is 0 Å². The van der Waals surface area contributed by atoms with Crippen LogP contribution in [0, 0.1) is 0 Å². The molecule has 0 aliphatic rings. The van der Waals surface area contributed by atoms with Crippen molar-refractivity contribution in [1.82, 2.24) is 9.97 Å². The molecule has 3 nitrogen and oxygen atoms in total. The minimum Gasteiger partial charge on any atom is -0.492 e. The SMILES string of the molecule is Clc1ccc(OCCCc2nc3ccccc3[nH]2)c(Cl)c1. The fourth-order valence-electron chi connectivity index (χ4n) is 2.14. The van der Waals surface area contributed by atoms with Gasteiger partial charge in [-0.05, 0) is 36.8 Å².